The molecule has 0 radical (unpaired) electrons. The third-order valence-corrected chi connectivity index (χ3v) is 2.81. The lowest BCUT2D eigenvalue weighted by Crippen LogP contribution is -2.31. The second-order valence-electron chi connectivity index (χ2n) is 5.17. The number of aromatic nitrogens is 1. The number of rotatable bonds is 7. The number of carbonyl (C=O) groups excluding carboxylic acids is 1. The van der Waals surface area contributed by atoms with E-state index in [1.54, 1.807) is 0 Å². The van der Waals surface area contributed by atoms with E-state index in [1.165, 1.54) is 12.3 Å². The molecule has 0 saturated carbocycles. The summed E-state index contributed by atoms with van der Waals surface area (Å²) in [6, 6.07) is 2.46. The highest BCUT2D eigenvalue weighted by atomic mass is 19.1. The number of nitrogens with zero attached hydrogens (tertiary/aromatic N) is 1. The van der Waals surface area contributed by atoms with Gasteiger partial charge in [0.1, 0.15) is 0 Å². The summed E-state index contributed by atoms with van der Waals surface area (Å²) >= 11 is 0. The predicted octanol–water partition coefficient (Wildman–Crippen LogP) is 2.09. The Kier molecular flexibility index (Phi) is 6.09. The monoisotopic (exact) mass is 282 g/mol. The number of halogens is 1. The summed E-state index contributed by atoms with van der Waals surface area (Å²) in [4.78, 5) is 26.0. The van der Waals surface area contributed by atoms with Gasteiger partial charge in [0.2, 0.25) is 5.95 Å². The van der Waals surface area contributed by atoms with Crippen LogP contribution in [0.1, 0.15) is 37.0 Å². The Hall–Kier alpha value is -1.98. The summed E-state index contributed by atoms with van der Waals surface area (Å²) in [6.45, 7) is 4.25. The van der Waals surface area contributed by atoms with Gasteiger partial charge in [0.05, 0.1) is 0 Å². The van der Waals surface area contributed by atoms with Gasteiger partial charge in [0.15, 0.2) is 0 Å². The maximum atomic E-state index is 12.9. The summed E-state index contributed by atoms with van der Waals surface area (Å²) in [5, 5.41) is 11.5. The molecule has 110 valence electrons. The number of amides is 1. The van der Waals surface area contributed by atoms with Crippen molar-refractivity contribution in [3.63, 3.8) is 0 Å². The first-order valence-electron chi connectivity index (χ1n) is 6.50. The van der Waals surface area contributed by atoms with Crippen LogP contribution in [0.2, 0.25) is 0 Å². The van der Waals surface area contributed by atoms with Gasteiger partial charge < -0.3 is 10.4 Å². The number of pyridine rings is 1. The molecule has 0 fully saturated rings. The number of carbonyl (C=O) groups is 2. The van der Waals surface area contributed by atoms with Crippen molar-refractivity contribution >= 4 is 11.9 Å². The molecule has 1 amide bonds. The molecule has 0 aliphatic rings. The zero-order chi connectivity index (χ0) is 15.1. The summed E-state index contributed by atoms with van der Waals surface area (Å²) in [5.41, 5.74) is 0.177. The Labute approximate surface area is 117 Å². The molecular formula is C14H19FN2O3. The van der Waals surface area contributed by atoms with E-state index in [9.17, 15) is 14.0 Å². The predicted molar refractivity (Wildman–Crippen MR) is 71.7 cm³/mol. The van der Waals surface area contributed by atoms with E-state index in [-0.39, 0.29) is 24.4 Å². The van der Waals surface area contributed by atoms with Crippen LogP contribution >= 0.6 is 0 Å². The van der Waals surface area contributed by atoms with E-state index >= 15 is 0 Å². The van der Waals surface area contributed by atoms with Gasteiger partial charge in [-0.15, -0.1) is 0 Å². The minimum Gasteiger partial charge on any atom is -0.481 e. The molecule has 0 aromatic carbocycles. The molecule has 2 N–H and O–H groups in total. The number of carboxylic acid groups (broad SMARTS) is 1. The Morgan fingerprint density at radius 2 is 2.15 bits per heavy atom. The normalized spacial score (nSPS) is 12.2. The fourth-order valence-electron chi connectivity index (χ4n) is 2.04. The van der Waals surface area contributed by atoms with Crippen molar-refractivity contribution in [2.24, 2.45) is 11.8 Å². The number of aliphatic carboxylic acids is 1. The van der Waals surface area contributed by atoms with Crippen LogP contribution in [0, 0.1) is 17.8 Å². The van der Waals surface area contributed by atoms with Crippen LogP contribution < -0.4 is 5.32 Å². The molecule has 1 heterocycles. The number of nitrogens with one attached hydrogen (secondary N) is 1. The van der Waals surface area contributed by atoms with Crippen LogP contribution in [0.3, 0.4) is 0 Å². The van der Waals surface area contributed by atoms with Crippen molar-refractivity contribution in [2.75, 3.05) is 6.54 Å². The molecule has 0 aliphatic heterocycles. The van der Waals surface area contributed by atoms with Crippen LogP contribution in [0.25, 0.3) is 0 Å². The molecule has 20 heavy (non-hydrogen) atoms. The zero-order valence-electron chi connectivity index (χ0n) is 11.6. The molecule has 0 saturated heterocycles. The van der Waals surface area contributed by atoms with E-state index in [2.05, 4.69) is 10.3 Å². The summed E-state index contributed by atoms with van der Waals surface area (Å²) in [5.74, 6) is -1.83. The van der Waals surface area contributed by atoms with Crippen molar-refractivity contribution in [3.05, 3.63) is 29.8 Å². The minimum atomic E-state index is -0.889. The van der Waals surface area contributed by atoms with Crippen LogP contribution in [0.4, 0.5) is 4.39 Å². The number of hydrogen-bond donors (Lipinski definition) is 2. The zero-order valence-corrected chi connectivity index (χ0v) is 11.6. The van der Waals surface area contributed by atoms with Crippen LogP contribution in [-0.4, -0.2) is 28.5 Å². The van der Waals surface area contributed by atoms with Crippen molar-refractivity contribution in [2.45, 2.75) is 26.7 Å². The Morgan fingerprint density at radius 3 is 2.70 bits per heavy atom. The third-order valence-electron chi connectivity index (χ3n) is 2.81. The molecule has 0 spiro atoms. The fraction of sp³-hybridized carbons (Fsp3) is 0.500. The first-order valence-corrected chi connectivity index (χ1v) is 6.50. The van der Waals surface area contributed by atoms with E-state index in [1.807, 2.05) is 13.8 Å². The highest BCUT2D eigenvalue weighted by molar-refractivity contribution is 5.94. The first kappa shape index (κ1) is 16.1. The molecule has 1 aromatic rings. The standard InChI is InChI=1S/C14H19FN2O3/c1-9(2)5-10(6-13(18)19)8-17-14(20)11-3-4-16-12(15)7-11/h3-4,7,9-10H,5-6,8H2,1-2H3,(H,17,20)(H,18,19). The average Bonchev–Trinajstić information content (AvgIpc) is 2.34. The van der Waals surface area contributed by atoms with Gasteiger partial charge in [-0.3, -0.25) is 9.59 Å². The molecule has 5 nitrogen and oxygen atoms in total. The lowest BCUT2D eigenvalue weighted by Gasteiger charge is -2.17. The maximum absolute atomic E-state index is 12.9. The van der Waals surface area contributed by atoms with E-state index in [0.29, 0.717) is 12.3 Å². The van der Waals surface area contributed by atoms with Crippen molar-refractivity contribution in [1.29, 1.82) is 0 Å². The van der Waals surface area contributed by atoms with E-state index < -0.39 is 17.8 Å². The summed E-state index contributed by atoms with van der Waals surface area (Å²) in [7, 11) is 0. The Balaban J connectivity index is 2.57. The largest absolute Gasteiger partial charge is 0.481 e. The highest BCUT2D eigenvalue weighted by Gasteiger charge is 2.16. The van der Waals surface area contributed by atoms with Crippen LogP contribution in [0.15, 0.2) is 18.3 Å². The van der Waals surface area contributed by atoms with Gasteiger partial charge >= 0.3 is 5.97 Å². The Morgan fingerprint density at radius 1 is 1.45 bits per heavy atom. The molecule has 6 heteroatoms. The number of carboxylic acids is 1. The molecule has 1 atom stereocenters. The minimum absolute atomic E-state index is 0.00314. The quantitative estimate of drug-likeness (QED) is 0.750. The van der Waals surface area contributed by atoms with Gasteiger partial charge in [0.25, 0.3) is 5.91 Å². The molecule has 1 aromatic heterocycles. The first-order chi connectivity index (χ1) is 9.38. The molecule has 0 bridgehead atoms. The molecule has 1 unspecified atom stereocenters. The molecular weight excluding hydrogens is 263 g/mol. The van der Waals surface area contributed by atoms with Crippen LogP contribution in [-0.2, 0) is 4.79 Å². The summed E-state index contributed by atoms with van der Waals surface area (Å²) in [6.07, 6.45) is 1.92. The number of hydrogen-bond acceptors (Lipinski definition) is 3. The Bertz CT molecular complexity index is 477. The van der Waals surface area contributed by atoms with Gasteiger partial charge in [-0.2, -0.15) is 4.39 Å². The maximum Gasteiger partial charge on any atom is 0.303 e. The second-order valence-corrected chi connectivity index (χ2v) is 5.17. The lowest BCUT2D eigenvalue weighted by atomic mass is 9.94. The van der Waals surface area contributed by atoms with E-state index in [4.69, 9.17) is 5.11 Å². The summed E-state index contributed by atoms with van der Waals surface area (Å²) < 4.78 is 12.9. The lowest BCUT2D eigenvalue weighted by molar-refractivity contribution is -0.138. The molecule has 1 rings (SSSR count). The van der Waals surface area contributed by atoms with Gasteiger partial charge in [0, 0.05) is 30.8 Å². The topological polar surface area (TPSA) is 79.3 Å². The highest BCUT2D eigenvalue weighted by Crippen LogP contribution is 2.15. The third kappa shape index (κ3) is 5.77. The van der Waals surface area contributed by atoms with Crippen molar-refractivity contribution < 1.29 is 19.1 Å². The van der Waals surface area contributed by atoms with Gasteiger partial charge in [-0.05, 0) is 24.3 Å². The van der Waals surface area contributed by atoms with Crippen molar-refractivity contribution in [3.8, 4) is 0 Å². The van der Waals surface area contributed by atoms with Crippen LogP contribution in [0.5, 0.6) is 0 Å². The van der Waals surface area contributed by atoms with Crippen molar-refractivity contribution in [1.82, 2.24) is 10.3 Å². The average molecular weight is 282 g/mol. The smallest absolute Gasteiger partial charge is 0.303 e. The van der Waals surface area contributed by atoms with E-state index in [0.717, 1.165) is 6.07 Å². The fourth-order valence-corrected chi connectivity index (χ4v) is 2.04. The second kappa shape index (κ2) is 7.57. The van der Waals surface area contributed by atoms with Gasteiger partial charge in [-0.25, -0.2) is 4.98 Å². The SMILES string of the molecule is CC(C)CC(CNC(=O)c1ccnc(F)c1)CC(=O)O. The van der Waals surface area contributed by atoms with Gasteiger partial charge in [-0.1, -0.05) is 13.8 Å². The molecule has 0 aliphatic carbocycles.